The lowest BCUT2D eigenvalue weighted by Crippen LogP contribution is -2.50. The first-order valence-corrected chi connectivity index (χ1v) is 10.1. The summed E-state index contributed by atoms with van der Waals surface area (Å²) in [6.45, 7) is 2.81. The molecule has 142 valence electrons. The molecule has 4 nitrogen and oxygen atoms in total. The van der Waals surface area contributed by atoms with Crippen molar-refractivity contribution in [2.45, 2.75) is 19.5 Å². The van der Waals surface area contributed by atoms with Crippen LogP contribution in [-0.2, 0) is 6.42 Å². The first-order chi connectivity index (χ1) is 14.2. The Morgan fingerprint density at radius 1 is 0.931 bits per heavy atom. The van der Waals surface area contributed by atoms with Gasteiger partial charge in [-0.2, -0.15) is 0 Å². The van der Waals surface area contributed by atoms with E-state index in [-0.39, 0.29) is 12.1 Å². The number of nitrogens with zero attached hydrogens (tertiary/aromatic N) is 2. The van der Waals surface area contributed by atoms with Gasteiger partial charge in [-0.1, -0.05) is 48.0 Å². The molecule has 4 aromatic rings. The van der Waals surface area contributed by atoms with Crippen LogP contribution in [0.4, 0.5) is 11.4 Å². The number of carbonyl (C=O) groups excluding carboxylic acids is 1. The highest BCUT2D eigenvalue weighted by Gasteiger charge is 2.43. The van der Waals surface area contributed by atoms with E-state index in [9.17, 15) is 4.79 Å². The molecule has 1 aromatic heterocycles. The van der Waals surface area contributed by atoms with Gasteiger partial charge in [0.1, 0.15) is 0 Å². The van der Waals surface area contributed by atoms with Crippen molar-refractivity contribution in [1.29, 1.82) is 0 Å². The fraction of sp³-hybridized carbons (Fsp3) is 0.160. The second-order valence-electron chi connectivity index (χ2n) is 7.91. The molecule has 1 amide bonds. The lowest BCUT2D eigenvalue weighted by Gasteiger charge is -2.47. The maximum absolute atomic E-state index is 13.4. The van der Waals surface area contributed by atoms with Crippen LogP contribution >= 0.6 is 0 Å². The molecule has 29 heavy (non-hydrogen) atoms. The summed E-state index contributed by atoms with van der Waals surface area (Å²) in [7, 11) is 0. The molecule has 1 unspecified atom stereocenters. The number of nitrogens with one attached hydrogen (secondary N) is 1. The summed E-state index contributed by atoms with van der Waals surface area (Å²) >= 11 is 0. The van der Waals surface area contributed by atoms with E-state index in [0.717, 1.165) is 41.1 Å². The number of amides is 1. The van der Waals surface area contributed by atoms with Gasteiger partial charge in [-0.25, -0.2) is 0 Å². The lowest BCUT2D eigenvalue weighted by molar-refractivity contribution is 0.0642. The summed E-state index contributed by atoms with van der Waals surface area (Å²) in [5.74, 6) is 0.110. The number of para-hydroxylation sites is 2. The predicted molar refractivity (Wildman–Crippen MR) is 116 cm³/mol. The fourth-order valence-electron chi connectivity index (χ4n) is 4.84. The molecule has 0 bridgehead atoms. The second kappa shape index (κ2) is 5.98. The Hall–Kier alpha value is -3.53. The van der Waals surface area contributed by atoms with Crippen molar-refractivity contribution in [3.05, 3.63) is 95.2 Å². The zero-order valence-corrected chi connectivity index (χ0v) is 16.2. The predicted octanol–water partition coefficient (Wildman–Crippen LogP) is 5.33. The Morgan fingerprint density at radius 3 is 2.55 bits per heavy atom. The van der Waals surface area contributed by atoms with Crippen LogP contribution in [0.15, 0.2) is 72.8 Å². The van der Waals surface area contributed by atoms with E-state index >= 15 is 0 Å². The molecule has 0 radical (unpaired) electrons. The molecule has 3 aromatic carbocycles. The van der Waals surface area contributed by atoms with Crippen LogP contribution in [-0.4, -0.2) is 22.3 Å². The fourth-order valence-corrected chi connectivity index (χ4v) is 4.84. The zero-order chi connectivity index (χ0) is 19.5. The minimum atomic E-state index is -0.170. The van der Waals surface area contributed by atoms with Gasteiger partial charge in [0.25, 0.3) is 5.91 Å². The van der Waals surface area contributed by atoms with E-state index in [1.54, 1.807) is 0 Å². The Kier molecular flexibility index (Phi) is 3.39. The summed E-state index contributed by atoms with van der Waals surface area (Å²) in [6.07, 6.45) is 0.696. The van der Waals surface area contributed by atoms with Gasteiger partial charge >= 0.3 is 0 Å². The molecule has 4 heteroatoms. The van der Waals surface area contributed by atoms with Gasteiger partial charge in [0.2, 0.25) is 0 Å². The van der Waals surface area contributed by atoms with Crippen LogP contribution in [0.5, 0.6) is 0 Å². The third-order valence-electron chi connectivity index (χ3n) is 6.21. The van der Waals surface area contributed by atoms with Crippen molar-refractivity contribution in [1.82, 2.24) is 9.88 Å². The van der Waals surface area contributed by atoms with Crippen LogP contribution in [0.25, 0.3) is 10.9 Å². The van der Waals surface area contributed by atoms with Gasteiger partial charge in [-0.3, -0.25) is 4.79 Å². The monoisotopic (exact) mass is 379 g/mol. The molecule has 1 N–H and O–H groups in total. The molecule has 0 saturated carbocycles. The topological polar surface area (TPSA) is 39.3 Å². The number of carbonyl (C=O) groups is 1. The molecule has 0 spiro atoms. The van der Waals surface area contributed by atoms with Crippen molar-refractivity contribution in [2.75, 3.05) is 11.4 Å². The van der Waals surface area contributed by atoms with Gasteiger partial charge in [-0.05, 0) is 49.2 Å². The first-order valence-electron chi connectivity index (χ1n) is 10.1. The van der Waals surface area contributed by atoms with Crippen LogP contribution in [0.2, 0.25) is 0 Å². The largest absolute Gasteiger partial charge is 0.355 e. The van der Waals surface area contributed by atoms with Crippen LogP contribution in [0.1, 0.15) is 33.3 Å². The Bertz CT molecular complexity index is 1250. The van der Waals surface area contributed by atoms with Gasteiger partial charge < -0.3 is 14.8 Å². The quantitative estimate of drug-likeness (QED) is 0.486. The SMILES string of the molecule is Cc1ccc(N2c3ccccc3C(=O)N3CCc4c([nH]c5ccccc45)C32)cc1. The van der Waals surface area contributed by atoms with E-state index in [1.165, 1.54) is 16.5 Å². The summed E-state index contributed by atoms with van der Waals surface area (Å²) in [4.78, 5) is 21.4. The third kappa shape index (κ3) is 2.29. The summed E-state index contributed by atoms with van der Waals surface area (Å²) in [5.41, 5.74) is 7.64. The van der Waals surface area contributed by atoms with Crippen molar-refractivity contribution in [3.8, 4) is 0 Å². The van der Waals surface area contributed by atoms with E-state index < -0.39 is 0 Å². The summed E-state index contributed by atoms with van der Waals surface area (Å²) in [5, 5.41) is 1.26. The van der Waals surface area contributed by atoms with Crippen LogP contribution in [0.3, 0.4) is 0 Å². The first kappa shape index (κ1) is 16.4. The lowest BCUT2D eigenvalue weighted by atomic mass is 9.95. The molecular weight excluding hydrogens is 358 g/mol. The number of fused-ring (bicyclic) bond motifs is 6. The molecule has 1 atom stereocenters. The Balaban J connectivity index is 1.63. The van der Waals surface area contributed by atoms with E-state index in [0.29, 0.717) is 0 Å². The number of hydrogen-bond acceptors (Lipinski definition) is 2. The molecular formula is C25H21N3O. The molecule has 0 fully saturated rings. The maximum Gasteiger partial charge on any atom is 0.257 e. The number of aromatic nitrogens is 1. The van der Waals surface area contributed by atoms with Crippen LogP contribution < -0.4 is 4.90 Å². The van der Waals surface area contributed by atoms with E-state index in [4.69, 9.17) is 0 Å². The Labute approximate surface area is 169 Å². The molecule has 0 aliphatic carbocycles. The molecule has 0 saturated heterocycles. The number of rotatable bonds is 1. The molecule has 2 aliphatic rings. The molecule has 2 aliphatic heterocycles. The highest BCUT2D eigenvalue weighted by molar-refractivity contribution is 6.04. The number of aromatic amines is 1. The average Bonchev–Trinajstić information content (AvgIpc) is 3.14. The smallest absolute Gasteiger partial charge is 0.257 e. The van der Waals surface area contributed by atoms with E-state index in [1.807, 2.05) is 23.1 Å². The van der Waals surface area contributed by atoms with Crippen molar-refractivity contribution in [2.24, 2.45) is 0 Å². The summed E-state index contributed by atoms with van der Waals surface area (Å²) in [6, 6.07) is 25.0. The standard InChI is InChI=1S/C25H21N3O/c1-16-10-12-17(13-11-16)28-22-9-5-3-7-20(22)25(29)27-15-14-19-18-6-2-4-8-21(18)26-23(19)24(27)28/h2-13,24,26H,14-15H2,1H3. The van der Waals surface area contributed by atoms with Crippen molar-refractivity contribution < 1.29 is 4.79 Å². The number of anilines is 2. The minimum Gasteiger partial charge on any atom is -0.355 e. The zero-order valence-electron chi connectivity index (χ0n) is 16.2. The molecule has 6 rings (SSSR count). The number of hydrogen-bond donors (Lipinski definition) is 1. The normalized spacial score (nSPS) is 17.8. The van der Waals surface area contributed by atoms with Gasteiger partial charge in [0, 0.05) is 23.1 Å². The number of H-pyrrole nitrogens is 1. The average molecular weight is 379 g/mol. The van der Waals surface area contributed by atoms with Gasteiger partial charge in [0.05, 0.1) is 16.9 Å². The number of aryl methyl sites for hydroxylation is 1. The van der Waals surface area contributed by atoms with Crippen molar-refractivity contribution in [3.63, 3.8) is 0 Å². The Morgan fingerprint density at radius 2 is 1.69 bits per heavy atom. The second-order valence-corrected chi connectivity index (χ2v) is 7.91. The maximum atomic E-state index is 13.4. The van der Waals surface area contributed by atoms with Gasteiger partial charge in [-0.15, -0.1) is 0 Å². The van der Waals surface area contributed by atoms with Crippen LogP contribution in [0, 0.1) is 6.92 Å². The minimum absolute atomic E-state index is 0.110. The highest BCUT2D eigenvalue weighted by Crippen LogP contribution is 2.47. The van der Waals surface area contributed by atoms with E-state index in [2.05, 4.69) is 71.4 Å². The van der Waals surface area contributed by atoms with Crippen molar-refractivity contribution >= 4 is 28.2 Å². The van der Waals surface area contributed by atoms with Gasteiger partial charge in [0.15, 0.2) is 6.17 Å². The summed E-state index contributed by atoms with van der Waals surface area (Å²) < 4.78 is 0. The third-order valence-corrected chi connectivity index (χ3v) is 6.21. The molecule has 3 heterocycles. The highest BCUT2D eigenvalue weighted by atomic mass is 16.2. The number of benzene rings is 3.